The van der Waals surface area contributed by atoms with Crippen molar-refractivity contribution in [1.82, 2.24) is 29.3 Å². The number of rotatable bonds is 5. The number of para-hydroxylation sites is 1. The summed E-state index contributed by atoms with van der Waals surface area (Å²) in [5.74, 6) is 2.33. The molecule has 4 rings (SSSR count). The van der Waals surface area contributed by atoms with E-state index in [0.29, 0.717) is 5.82 Å². The zero-order valence-electron chi connectivity index (χ0n) is 14.8. The maximum absolute atomic E-state index is 5.57. The van der Waals surface area contributed by atoms with Gasteiger partial charge in [-0.3, -0.25) is 4.68 Å². The first-order chi connectivity index (χ1) is 12.7. The average Bonchev–Trinajstić information content (AvgIpc) is 3.26. The summed E-state index contributed by atoms with van der Waals surface area (Å²) >= 11 is 0. The Bertz CT molecular complexity index is 1050. The molecule has 1 N–H and O–H groups in total. The summed E-state index contributed by atoms with van der Waals surface area (Å²) < 4.78 is 9.27. The Kier molecular flexibility index (Phi) is 4.00. The summed E-state index contributed by atoms with van der Waals surface area (Å²) in [7, 11) is 5.49. The zero-order chi connectivity index (χ0) is 18.1. The van der Waals surface area contributed by atoms with Crippen LogP contribution in [0.4, 0.5) is 5.82 Å². The molecule has 0 unspecified atom stereocenters. The van der Waals surface area contributed by atoms with Crippen molar-refractivity contribution in [3.05, 3.63) is 60.6 Å². The van der Waals surface area contributed by atoms with Gasteiger partial charge < -0.3 is 14.6 Å². The van der Waals surface area contributed by atoms with Gasteiger partial charge in [-0.25, -0.2) is 15.0 Å². The van der Waals surface area contributed by atoms with Gasteiger partial charge in [-0.1, -0.05) is 18.2 Å². The average molecular weight is 349 g/mol. The summed E-state index contributed by atoms with van der Waals surface area (Å²) in [5.41, 5.74) is 1.74. The van der Waals surface area contributed by atoms with Crippen LogP contribution in [0.1, 0.15) is 17.4 Å². The van der Waals surface area contributed by atoms with Gasteiger partial charge in [0, 0.05) is 32.1 Å². The highest BCUT2D eigenvalue weighted by Crippen LogP contribution is 2.33. The monoisotopic (exact) mass is 349 g/mol. The number of ether oxygens (including phenoxy) is 1. The lowest BCUT2D eigenvalue weighted by atomic mass is 10.0. The van der Waals surface area contributed by atoms with Crippen LogP contribution in [0.25, 0.3) is 11.0 Å². The van der Waals surface area contributed by atoms with Gasteiger partial charge in [0.1, 0.15) is 29.8 Å². The number of hydrogen-bond acceptors (Lipinski definition) is 6. The molecule has 0 saturated heterocycles. The van der Waals surface area contributed by atoms with Crippen molar-refractivity contribution in [3.8, 4) is 5.75 Å². The first kappa shape index (κ1) is 16.1. The van der Waals surface area contributed by atoms with Crippen LogP contribution in [-0.4, -0.2) is 36.4 Å². The third-order valence-corrected chi connectivity index (χ3v) is 4.38. The summed E-state index contributed by atoms with van der Waals surface area (Å²) in [6.45, 7) is 0. The molecule has 0 aliphatic rings. The van der Waals surface area contributed by atoms with Crippen molar-refractivity contribution in [2.75, 3.05) is 12.4 Å². The number of hydrogen-bond donors (Lipinski definition) is 1. The SMILES string of the molecule is COc1ccccc1[C@@H](Nc1ncnc2c1cnn2C)c1nccn1C. The number of imidazole rings is 1. The molecule has 1 atom stereocenters. The standard InChI is InChI=1S/C18H19N7O/c1-24-9-8-19-18(24)15(12-6-4-5-7-14(12)26-3)23-16-13-10-22-25(2)17(13)21-11-20-16/h4-11,15H,1-3H3,(H,20,21,23)/t15-/m1/s1. The van der Waals surface area contributed by atoms with Crippen molar-refractivity contribution in [2.24, 2.45) is 14.1 Å². The van der Waals surface area contributed by atoms with Crippen molar-refractivity contribution in [1.29, 1.82) is 0 Å². The second kappa shape index (κ2) is 6.47. The van der Waals surface area contributed by atoms with Crippen molar-refractivity contribution >= 4 is 16.9 Å². The number of nitrogens with one attached hydrogen (secondary N) is 1. The van der Waals surface area contributed by atoms with Gasteiger partial charge in [0.05, 0.1) is 18.7 Å². The molecule has 8 heteroatoms. The minimum absolute atomic E-state index is 0.246. The van der Waals surface area contributed by atoms with Crippen LogP contribution in [0, 0.1) is 0 Å². The number of nitrogens with zero attached hydrogens (tertiary/aromatic N) is 6. The quantitative estimate of drug-likeness (QED) is 0.595. The van der Waals surface area contributed by atoms with E-state index in [-0.39, 0.29) is 6.04 Å². The molecule has 0 aliphatic heterocycles. The summed E-state index contributed by atoms with van der Waals surface area (Å²) in [5, 5.41) is 8.63. The molecule has 0 fully saturated rings. The molecule has 0 aliphatic carbocycles. The lowest BCUT2D eigenvalue weighted by Gasteiger charge is -2.21. The highest BCUT2D eigenvalue weighted by Gasteiger charge is 2.23. The molecule has 0 saturated carbocycles. The van der Waals surface area contributed by atoms with Gasteiger partial charge in [-0.05, 0) is 6.07 Å². The summed E-state index contributed by atoms with van der Waals surface area (Å²) in [6, 6.07) is 7.64. The minimum Gasteiger partial charge on any atom is -0.496 e. The number of fused-ring (bicyclic) bond motifs is 1. The molecule has 1 aromatic carbocycles. The van der Waals surface area contributed by atoms with Crippen LogP contribution < -0.4 is 10.1 Å². The van der Waals surface area contributed by atoms with E-state index in [2.05, 4.69) is 25.4 Å². The third-order valence-electron chi connectivity index (χ3n) is 4.38. The first-order valence-electron chi connectivity index (χ1n) is 8.18. The van der Waals surface area contributed by atoms with E-state index in [4.69, 9.17) is 4.74 Å². The number of aryl methyl sites for hydroxylation is 2. The van der Waals surface area contributed by atoms with Crippen molar-refractivity contribution in [2.45, 2.75) is 6.04 Å². The fourth-order valence-electron chi connectivity index (χ4n) is 3.06. The largest absolute Gasteiger partial charge is 0.496 e. The smallest absolute Gasteiger partial charge is 0.163 e. The number of methoxy groups -OCH3 is 1. The predicted octanol–water partition coefficient (Wildman–Crippen LogP) is 2.31. The molecule has 3 heterocycles. The Labute approximate surface area is 150 Å². The topological polar surface area (TPSA) is 82.7 Å². The lowest BCUT2D eigenvalue weighted by Crippen LogP contribution is -2.18. The molecule has 4 aromatic rings. The third kappa shape index (κ3) is 2.65. The zero-order valence-corrected chi connectivity index (χ0v) is 14.8. The Hall–Kier alpha value is -3.42. The molecule has 0 amide bonds. The molecule has 132 valence electrons. The maximum atomic E-state index is 5.57. The van der Waals surface area contributed by atoms with E-state index < -0.39 is 0 Å². The van der Waals surface area contributed by atoms with Gasteiger partial charge in [0.15, 0.2) is 5.65 Å². The predicted molar refractivity (Wildman–Crippen MR) is 98.0 cm³/mol. The molecule has 0 bridgehead atoms. The molecule has 3 aromatic heterocycles. The van der Waals surface area contributed by atoms with Gasteiger partial charge in [0.2, 0.25) is 0 Å². The summed E-state index contributed by atoms with van der Waals surface area (Å²) in [6.07, 6.45) is 6.98. The normalized spacial score (nSPS) is 12.3. The van der Waals surface area contributed by atoms with E-state index in [1.807, 2.05) is 49.1 Å². The molecule has 0 radical (unpaired) electrons. The lowest BCUT2D eigenvalue weighted by molar-refractivity contribution is 0.408. The number of anilines is 1. The van der Waals surface area contributed by atoms with E-state index >= 15 is 0 Å². The van der Waals surface area contributed by atoms with Crippen LogP contribution in [0.2, 0.25) is 0 Å². The van der Waals surface area contributed by atoms with Crippen LogP contribution in [-0.2, 0) is 14.1 Å². The van der Waals surface area contributed by atoms with Crippen LogP contribution in [0.15, 0.2) is 49.2 Å². The first-order valence-corrected chi connectivity index (χ1v) is 8.18. The molecule has 8 nitrogen and oxygen atoms in total. The van der Waals surface area contributed by atoms with Gasteiger partial charge in [-0.15, -0.1) is 0 Å². The Balaban J connectivity index is 1.85. The molecule has 26 heavy (non-hydrogen) atoms. The minimum atomic E-state index is -0.246. The van der Waals surface area contributed by atoms with Gasteiger partial charge in [-0.2, -0.15) is 5.10 Å². The number of aromatic nitrogens is 6. The van der Waals surface area contributed by atoms with Gasteiger partial charge >= 0.3 is 0 Å². The van der Waals surface area contributed by atoms with Crippen LogP contribution >= 0.6 is 0 Å². The van der Waals surface area contributed by atoms with Crippen LogP contribution in [0.5, 0.6) is 5.75 Å². The second-order valence-electron chi connectivity index (χ2n) is 5.94. The fraction of sp³-hybridized carbons (Fsp3) is 0.222. The van der Waals surface area contributed by atoms with E-state index in [1.54, 1.807) is 24.2 Å². The van der Waals surface area contributed by atoms with Crippen LogP contribution in [0.3, 0.4) is 0 Å². The fourth-order valence-corrected chi connectivity index (χ4v) is 3.06. The highest BCUT2D eigenvalue weighted by molar-refractivity contribution is 5.86. The number of benzene rings is 1. The van der Waals surface area contributed by atoms with Crippen molar-refractivity contribution < 1.29 is 4.74 Å². The second-order valence-corrected chi connectivity index (χ2v) is 5.94. The molecular weight excluding hydrogens is 330 g/mol. The highest BCUT2D eigenvalue weighted by atomic mass is 16.5. The van der Waals surface area contributed by atoms with E-state index in [9.17, 15) is 0 Å². The Morgan fingerprint density at radius 2 is 1.96 bits per heavy atom. The van der Waals surface area contributed by atoms with Gasteiger partial charge in [0.25, 0.3) is 0 Å². The van der Waals surface area contributed by atoms with E-state index in [1.165, 1.54) is 6.33 Å². The molecular formula is C18H19N7O. The maximum Gasteiger partial charge on any atom is 0.163 e. The Morgan fingerprint density at radius 3 is 2.73 bits per heavy atom. The van der Waals surface area contributed by atoms with E-state index in [0.717, 1.165) is 28.2 Å². The Morgan fingerprint density at radius 1 is 1.12 bits per heavy atom. The molecule has 0 spiro atoms. The summed E-state index contributed by atoms with van der Waals surface area (Å²) in [4.78, 5) is 13.3. The van der Waals surface area contributed by atoms with Crippen molar-refractivity contribution in [3.63, 3.8) is 0 Å².